The Labute approximate surface area is 135 Å². The van der Waals surface area contributed by atoms with Crippen LogP contribution in [0.3, 0.4) is 0 Å². The van der Waals surface area contributed by atoms with Gasteiger partial charge in [-0.05, 0) is 38.8 Å². The number of likely N-dealkylation sites (tertiary alicyclic amines) is 1. The van der Waals surface area contributed by atoms with Gasteiger partial charge in [0.1, 0.15) is 5.60 Å². The number of nitrogens with zero attached hydrogens (tertiary/aromatic N) is 1. The average molecular weight is 326 g/mol. The van der Waals surface area contributed by atoms with Crippen LogP contribution in [0.1, 0.15) is 44.7 Å². The zero-order valence-corrected chi connectivity index (χ0v) is 13.8. The first kappa shape index (κ1) is 17.7. The van der Waals surface area contributed by atoms with E-state index in [-0.39, 0.29) is 17.7 Å². The molecule has 128 valence electrons. The maximum atomic E-state index is 12.7. The molecule has 0 bridgehead atoms. The first-order chi connectivity index (χ1) is 10.7. The van der Waals surface area contributed by atoms with Crippen LogP contribution >= 0.6 is 0 Å². The molecule has 1 atom stereocenters. The van der Waals surface area contributed by atoms with Crippen molar-refractivity contribution >= 4 is 6.09 Å². The third kappa shape index (κ3) is 5.46. The smallest absolute Gasteiger partial charge is 0.410 e. The summed E-state index contributed by atoms with van der Waals surface area (Å²) in [6.45, 7) is 7.24. The summed E-state index contributed by atoms with van der Waals surface area (Å²) in [4.78, 5) is 13.7. The summed E-state index contributed by atoms with van der Waals surface area (Å²) in [5, 5.41) is 3.32. The van der Waals surface area contributed by atoms with Crippen molar-refractivity contribution in [1.82, 2.24) is 10.2 Å². The van der Waals surface area contributed by atoms with Crippen LogP contribution in [0.4, 0.5) is 13.6 Å². The molecule has 1 aromatic rings. The molecule has 1 unspecified atom stereocenters. The number of carbonyl (C=O) groups excluding carboxylic acids is 1. The van der Waals surface area contributed by atoms with Gasteiger partial charge in [-0.1, -0.05) is 18.2 Å². The molecule has 23 heavy (non-hydrogen) atoms. The minimum absolute atomic E-state index is 0.0334. The third-order valence-corrected chi connectivity index (χ3v) is 3.64. The van der Waals surface area contributed by atoms with Crippen LogP contribution in [0, 0.1) is 0 Å². The van der Waals surface area contributed by atoms with Crippen molar-refractivity contribution in [2.45, 2.75) is 51.8 Å². The zero-order chi connectivity index (χ0) is 17.0. The van der Waals surface area contributed by atoms with Crippen molar-refractivity contribution in [2.75, 3.05) is 13.1 Å². The van der Waals surface area contributed by atoms with E-state index in [1.807, 2.05) is 26.8 Å². The van der Waals surface area contributed by atoms with Crippen LogP contribution in [0.5, 0.6) is 0 Å². The van der Waals surface area contributed by atoms with Crippen LogP contribution in [-0.2, 0) is 11.3 Å². The van der Waals surface area contributed by atoms with Crippen molar-refractivity contribution in [3.8, 4) is 0 Å². The van der Waals surface area contributed by atoms with Gasteiger partial charge in [-0.15, -0.1) is 0 Å². The Balaban J connectivity index is 1.82. The SMILES string of the molecule is CC(C)(C)OC(=O)N1CCC(NCc2cccc(C(F)F)c2)C1. The number of benzene rings is 1. The standard InChI is InChI=1S/C17H24F2N2O2/c1-17(2,3)23-16(22)21-8-7-14(11-21)20-10-12-5-4-6-13(9-12)15(18)19/h4-6,9,14-15,20H,7-8,10-11H2,1-3H3. The van der Waals surface area contributed by atoms with Crippen LogP contribution < -0.4 is 5.32 Å². The van der Waals surface area contributed by atoms with Gasteiger partial charge in [0, 0.05) is 31.2 Å². The minimum atomic E-state index is -2.45. The Morgan fingerprint density at radius 2 is 2.17 bits per heavy atom. The Morgan fingerprint density at radius 1 is 1.43 bits per heavy atom. The van der Waals surface area contributed by atoms with Crippen LogP contribution in [0.25, 0.3) is 0 Å². The second kappa shape index (κ2) is 7.25. The van der Waals surface area contributed by atoms with E-state index in [9.17, 15) is 13.6 Å². The number of halogens is 2. The number of nitrogens with one attached hydrogen (secondary N) is 1. The molecule has 1 saturated heterocycles. The van der Waals surface area contributed by atoms with Crippen molar-refractivity contribution in [1.29, 1.82) is 0 Å². The average Bonchev–Trinajstić information content (AvgIpc) is 2.92. The first-order valence-corrected chi connectivity index (χ1v) is 7.83. The largest absolute Gasteiger partial charge is 0.444 e. The summed E-state index contributed by atoms with van der Waals surface area (Å²) in [6, 6.07) is 6.55. The molecule has 1 N–H and O–H groups in total. The fraction of sp³-hybridized carbons (Fsp3) is 0.588. The van der Waals surface area contributed by atoms with E-state index in [4.69, 9.17) is 4.74 Å². The highest BCUT2D eigenvalue weighted by Crippen LogP contribution is 2.20. The van der Waals surface area contributed by atoms with E-state index >= 15 is 0 Å². The molecule has 2 rings (SSSR count). The summed E-state index contributed by atoms with van der Waals surface area (Å²) in [5.74, 6) is 0. The molecular weight excluding hydrogens is 302 g/mol. The maximum Gasteiger partial charge on any atom is 0.410 e. The van der Waals surface area contributed by atoms with Gasteiger partial charge in [-0.3, -0.25) is 0 Å². The molecule has 0 aliphatic carbocycles. The monoisotopic (exact) mass is 326 g/mol. The van der Waals surface area contributed by atoms with Gasteiger partial charge in [0.25, 0.3) is 6.43 Å². The molecule has 1 aromatic carbocycles. The molecule has 0 spiro atoms. The van der Waals surface area contributed by atoms with E-state index in [1.165, 1.54) is 12.1 Å². The predicted octanol–water partition coefficient (Wildman–Crippen LogP) is 3.72. The highest BCUT2D eigenvalue weighted by Gasteiger charge is 2.29. The Morgan fingerprint density at radius 3 is 2.83 bits per heavy atom. The lowest BCUT2D eigenvalue weighted by Crippen LogP contribution is -2.38. The Hall–Kier alpha value is -1.69. The number of hydrogen-bond acceptors (Lipinski definition) is 3. The van der Waals surface area contributed by atoms with Gasteiger partial charge >= 0.3 is 6.09 Å². The molecule has 1 fully saturated rings. The van der Waals surface area contributed by atoms with Gasteiger partial charge in [-0.2, -0.15) is 0 Å². The number of rotatable bonds is 4. The quantitative estimate of drug-likeness (QED) is 0.917. The Bertz CT molecular complexity index is 544. The number of ether oxygens (including phenoxy) is 1. The number of amides is 1. The van der Waals surface area contributed by atoms with E-state index < -0.39 is 12.0 Å². The molecule has 6 heteroatoms. The van der Waals surface area contributed by atoms with Gasteiger partial charge in [0.2, 0.25) is 0 Å². The van der Waals surface area contributed by atoms with Gasteiger partial charge in [0.05, 0.1) is 0 Å². The highest BCUT2D eigenvalue weighted by atomic mass is 19.3. The molecule has 1 aliphatic rings. The molecule has 0 saturated carbocycles. The van der Waals surface area contributed by atoms with E-state index in [0.717, 1.165) is 12.0 Å². The first-order valence-electron chi connectivity index (χ1n) is 7.83. The lowest BCUT2D eigenvalue weighted by atomic mass is 10.1. The molecule has 4 nitrogen and oxygen atoms in total. The van der Waals surface area contributed by atoms with E-state index in [1.54, 1.807) is 11.0 Å². The summed E-state index contributed by atoms with van der Waals surface area (Å²) in [6.07, 6.45) is -1.93. The second-order valence-electron chi connectivity index (χ2n) is 6.84. The normalized spacial score (nSPS) is 18.5. The molecule has 0 aromatic heterocycles. The second-order valence-corrected chi connectivity index (χ2v) is 6.84. The van der Waals surface area contributed by atoms with Gasteiger partial charge in [-0.25, -0.2) is 13.6 Å². The molecular formula is C17H24F2N2O2. The predicted molar refractivity (Wildman–Crippen MR) is 84.5 cm³/mol. The van der Waals surface area contributed by atoms with Crippen LogP contribution in [0.2, 0.25) is 0 Å². The lowest BCUT2D eigenvalue weighted by Gasteiger charge is -2.24. The summed E-state index contributed by atoms with van der Waals surface area (Å²) < 4.78 is 30.7. The lowest BCUT2D eigenvalue weighted by molar-refractivity contribution is 0.0291. The topological polar surface area (TPSA) is 41.6 Å². The summed E-state index contributed by atoms with van der Waals surface area (Å²) in [7, 11) is 0. The molecule has 1 aliphatic heterocycles. The fourth-order valence-corrected chi connectivity index (χ4v) is 2.52. The minimum Gasteiger partial charge on any atom is -0.444 e. The summed E-state index contributed by atoms with van der Waals surface area (Å²) >= 11 is 0. The van der Waals surface area contributed by atoms with Gasteiger partial charge < -0.3 is 15.0 Å². The number of carbonyl (C=O) groups is 1. The van der Waals surface area contributed by atoms with E-state index in [2.05, 4.69) is 5.32 Å². The highest BCUT2D eigenvalue weighted by molar-refractivity contribution is 5.68. The zero-order valence-electron chi connectivity index (χ0n) is 13.8. The van der Waals surface area contributed by atoms with Crippen molar-refractivity contribution < 1.29 is 18.3 Å². The van der Waals surface area contributed by atoms with Gasteiger partial charge in [0.15, 0.2) is 0 Å². The van der Waals surface area contributed by atoms with Crippen molar-refractivity contribution in [3.63, 3.8) is 0 Å². The molecule has 0 radical (unpaired) electrons. The fourth-order valence-electron chi connectivity index (χ4n) is 2.52. The van der Waals surface area contributed by atoms with Crippen molar-refractivity contribution in [3.05, 3.63) is 35.4 Å². The van der Waals surface area contributed by atoms with Crippen molar-refractivity contribution in [2.24, 2.45) is 0 Å². The number of alkyl halides is 2. The molecule has 1 amide bonds. The number of hydrogen-bond donors (Lipinski definition) is 1. The summed E-state index contributed by atoms with van der Waals surface area (Å²) in [5.41, 5.74) is 0.350. The third-order valence-electron chi connectivity index (χ3n) is 3.64. The van der Waals surface area contributed by atoms with Crippen LogP contribution in [0.15, 0.2) is 24.3 Å². The van der Waals surface area contributed by atoms with E-state index in [0.29, 0.717) is 19.6 Å². The van der Waals surface area contributed by atoms with Crippen LogP contribution in [-0.4, -0.2) is 35.7 Å². The maximum absolute atomic E-state index is 12.7. The molecule has 1 heterocycles. The Kier molecular flexibility index (Phi) is 5.57.